The van der Waals surface area contributed by atoms with Crippen LogP contribution in [0.1, 0.15) is 5.56 Å². The summed E-state index contributed by atoms with van der Waals surface area (Å²) in [5.74, 6) is -3.63. The second-order valence-corrected chi connectivity index (χ2v) is 4.96. The highest BCUT2D eigenvalue weighted by Crippen LogP contribution is 2.29. The van der Waals surface area contributed by atoms with Gasteiger partial charge in [0, 0.05) is 10.0 Å². The average Bonchev–Trinajstić information content (AvgIpc) is 2.39. The Bertz CT molecular complexity index is 558. The molecule has 0 fully saturated rings. The quantitative estimate of drug-likeness (QED) is 0.850. The van der Waals surface area contributed by atoms with E-state index in [0.717, 1.165) is 0 Å². The number of rotatable bonds is 4. The lowest BCUT2D eigenvalue weighted by molar-refractivity contribution is 0.0106. The minimum Gasteiger partial charge on any atom is -0.376 e. The first-order chi connectivity index (χ1) is 8.99. The Labute approximate surface area is 117 Å². The van der Waals surface area contributed by atoms with Gasteiger partial charge in [0.15, 0.2) is 0 Å². The lowest BCUT2D eigenvalue weighted by Crippen LogP contribution is -2.25. The van der Waals surface area contributed by atoms with E-state index in [0.29, 0.717) is 4.47 Å². The van der Waals surface area contributed by atoms with Gasteiger partial charge in [-0.1, -0.05) is 46.3 Å². The highest BCUT2D eigenvalue weighted by atomic mass is 79.9. The van der Waals surface area contributed by atoms with Crippen molar-refractivity contribution in [3.8, 4) is 0 Å². The van der Waals surface area contributed by atoms with Crippen molar-refractivity contribution in [3.05, 3.63) is 64.4 Å². The molecule has 0 aliphatic carbocycles. The second kappa shape index (κ2) is 5.65. The summed E-state index contributed by atoms with van der Waals surface area (Å²) in [6, 6.07) is 11.7. The first kappa shape index (κ1) is 13.9. The summed E-state index contributed by atoms with van der Waals surface area (Å²) in [7, 11) is 0. The van der Waals surface area contributed by atoms with Gasteiger partial charge in [-0.3, -0.25) is 0 Å². The second-order valence-electron chi connectivity index (χ2n) is 4.05. The van der Waals surface area contributed by atoms with Crippen LogP contribution >= 0.6 is 15.9 Å². The summed E-state index contributed by atoms with van der Waals surface area (Å²) >= 11 is 3.11. The van der Waals surface area contributed by atoms with Crippen LogP contribution in [0.2, 0.25) is 0 Å². The molecule has 100 valence electrons. The van der Waals surface area contributed by atoms with E-state index in [1.165, 1.54) is 24.3 Å². The van der Waals surface area contributed by atoms with Crippen LogP contribution in [0.5, 0.6) is 0 Å². The van der Waals surface area contributed by atoms with Gasteiger partial charge in [0.2, 0.25) is 0 Å². The summed E-state index contributed by atoms with van der Waals surface area (Å²) < 4.78 is 41.8. The maximum atomic E-state index is 13.9. The van der Waals surface area contributed by atoms with Gasteiger partial charge in [0.05, 0.1) is 12.2 Å². The molecule has 0 atom stereocenters. The predicted molar refractivity (Wildman–Crippen MR) is 72.9 cm³/mol. The highest BCUT2D eigenvalue weighted by molar-refractivity contribution is 9.10. The average molecular weight is 330 g/mol. The molecular formula is C14H11BrF3N. The molecule has 0 aliphatic rings. The number of halogens is 4. The molecule has 2 aromatic rings. The molecule has 0 heterocycles. The highest BCUT2D eigenvalue weighted by Gasteiger charge is 2.31. The standard InChI is InChI=1S/C14H11BrF3N/c15-11-6-7-13(12(16)8-11)19-9-14(17,18)10-4-2-1-3-5-10/h1-8,19H,9H2. The van der Waals surface area contributed by atoms with Gasteiger partial charge >= 0.3 is 0 Å². The molecule has 0 radical (unpaired) electrons. The van der Waals surface area contributed by atoms with Crippen LogP contribution in [-0.2, 0) is 5.92 Å². The molecule has 1 N–H and O–H groups in total. The van der Waals surface area contributed by atoms with E-state index in [1.54, 1.807) is 24.3 Å². The van der Waals surface area contributed by atoms with Gasteiger partial charge in [0.1, 0.15) is 5.82 Å². The minimum atomic E-state index is -3.05. The zero-order valence-corrected chi connectivity index (χ0v) is 11.4. The maximum absolute atomic E-state index is 13.9. The zero-order valence-electron chi connectivity index (χ0n) is 9.84. The molecule has 0 amide bonds. The zero-order chi connectivity index (χ0) is 13.9. The smallest absolute Gasteiger partial charge is 0.290 e. The van der Waals surface area contributed by atoms with E-state index in [4.69, 9.17) is 0 Å². The third-order valence-electron chi connectivity index (χ3n) is 2.63. The van der Waals surface area contributed by atoms with Crippen molar-refractivity contribution in [1.29, 1.82) is 0 Å². The maximum Gasteiger partial charge on any atom is 0.290 e. The summed E-state index contributed by atoms with van der Waals surface area (Å²) in [5.41, 5.74) is -0.0428. The van der Waals surface area contributed by atoms with E-state index >= 15 is 0 Å². The Hall–Kier alpha value is -1.49. The van der Waals surface area contributed by atoms with Gasteiger partial charge in [0.25, 0.3) is 5.92 Å². The van der Waals surface area contributed by atoms with Gasteiger partial charge in [-0.25, -0.2) is 4.39 Å². The van der Waals surface area contributed by atoms with Crippen molar-refractivity contribution in [2.24, 2.45) is 0 Å². The van der Waals surface area contributed by atoms with Gasteiger partial charge < -0.3 is 5.32 Å². The molecule has 1 nitrogen and oxygen atoms in total. The molecule has 0 spiro atoms. The number of hydrogen-bond donors (Lipinski definition) is 1. The Kier molecular flexibility index (Phi) is 4.14. The Morgan fingerprint density at radius 1 is 1.05 bits per heavy atom. The summed E-state index contributed by atoms with van der Waals surface area (Å²) in [6.45, 7) is -0.657. The molecule has 0 saturated heterocycles. The van der Waals surface area contributed by atoms with E-state index < -0.39 is 18.3 Å². The van der Waals surface area contributed by atoms with Crippen LogP contribution in [-0.4, -0.2) is 6.54 Å². The molecule has 0 unspecified atom stereocenters. The Balaban J connectivity index is 2.09. The first-order valence-corrected chi connectivity index (χ1v) is 6.40. The number of alkyl halides is 2. The monoisotopic (exact) mass is 329 g/mol. The summed E-state index contributed by atoms with van der Waals surface area (Å²) in [4.78, 5) is 0. The fourth-order valence-corrected chi connectivity index (χ4v) is 1.96. The van der Waals surface area contributed by atoms with Crippen LogP contribution in [0.4, 0.5) is 18.9 Å². The molecule has 0 saturated carbocycles. The third kappa shape index (κ3) is 3.50. The molecule has 19 heavy (non-hydrogen) atoms. The Morgan fingerprint density at radius 3 is 2.37 bits per heavy atom. The van der Waals surface area contributed by atoms with Gasteiger partial charge in [-0.05, 0) is 18.2 Å². The van der Waals surface area contributed by atoms with Crippen LogP contribution in [0.3, 0.4) is 0 Å². The number of anilines is 1. The third-order valence-corrected chi connectivity index (χ3v) is 3.12. The first-order valence-electron chi connectivity index (χ1n) is 5.61. The van der Waals surface area contributed by atoms with Gasteiger partial charge in [-0.2, -0.15) is 8.78 Å². The normalized spacial score (nSPS) is 11.4. The lowest BCUT2D eigenvalue weighted by Gasteiger charge is -2.18. The van der Waals surface area contributed by atoms with Crippen LogP contribution in [0, 0.1) is 5.82 Å². The molecule has 5 heteroatoms. The SMILES string of the molecule is Fc1cc(Br)ccc1NCC(F)(F)c1ccccc1. The van der Waals surface area contributed by atoms with Crippen molar-refractivity contribution < 1.29 is 13.2 Å². The topological polar surface area (TPSA) is 12.0 Å². The van der Waals surface area contributed by atoms with Crippen molar-refractivity contribution in [3.63, 3.8) is 0 Å². The molecule has 2 rings (SSSR count). The van der Waals surface area contributed by atoms with Crippen molar-refractivity contribution in [2.75, 3.05) is 11.9 Å². The molecule has 0 aromatic heterocycles. The molecule has 0 aliphatic heterocycles. The van der Waals surface area contributed by atoms with Gasteiger partial charge in [-0.15, -0.1) is 0 Å². The fraction of sp³-hybridized carbons (Fsp3) is 0.143. The molecule has 2 aromatic carbocycles. The minimum absolute atomic E-state index is 0.0545. The Morgan fingerprint density at radius 2 is 1.74 bits per heavy atom. The lowest BCUT2D eigenvalue weighted by atomic mass is 10.1. The number of benzene rings is 2. The summed E-state index contributed by atoms with van der Waals surface area (Å²) in [6.07, 6.45) is 0. The fourth-order valence-electron chi connectivity index (χ4n) is 1.62. The van der Waals surface area contributed by atoms with E-state index in [1.807, 2.05) is 0 Å². The van der Waals surface area contributed by atoms with Crippen molar-refractivity contribution in [1.82, 2.24) is 0 Å². The van der Waals surface area contributed by atoms with Crippen molar-refractivity contribution >= 4 is 21.6 Å². The van der Waals surface area contributed by atoms with E-state index in [9.17, 15) is 13.2 Å². The number of nitrogens with one attached hydrogen (secondary N) is 1. The van der Waals surface area contributed by atoms with Crippen LogP contribution in [0.15, 0.2) is 53.0 Å². The largest absolute Gasteiger partial charge is 0.376 e. The summed E-state index contributed by atoms with van der Waals surface area (Å²) in [5, 5.41) is 2.43. The predicted octanol–water partition coefficient (Wildman–Crippen LogP) is 4.79. The van der Waals surface area contributed by atoms with Crippen molar-refractivity contribution in [2.45, 2.75) is 5.92 Å². The molecule has 0 bridgehead atoms. The van der Waals surface area contributed by atoms with E-state index in [2.05, 4.69) is 21.2 Å². The number of hydrogen-bond acceptors (Lipinski definition) is 1. The van der Waals surface area contributed by atoms with Crippen LogP contribution < -0.4 is 5.32 Å². The van der Waals surface area contributed by atoms with E-state index in [-0.39, 0.29) is 11.3 Å². The molecular weight excluding hydrogens is 319 g/mol. The van der Waals surface area contributed by atoms with Crippen LogP contribution in [0.25, 0.3) is 0 Å².